The number of hydrogen-bond acceptors (Lipinski definition) is 3. The number of likely N-dealkylation sites (tertiary alicyclic amines) is 1. The third-order valence-electron chi connectivity index (χ3n) is 4.69. The minimum atomic E-state index is -0.0363. The van der Waals surface area contributed by atoms with Crippen molar-refractivity contribution in [2.75, 3.05) is 26.2 Å². The van der Waals surface area contributed by atoms with Gasteiger partial charge in [0.2, 0.25) is 0 Å². The third-order valence-corrected chi connectivity index (χ3v) is 4.69. The largest absolute Gasteiger partial charge is 0.465 e. The molecule has 0 amide bonds. The summed E-state index contributed by atoms with van der Waals surface area (Å²) in [6.45, 7) is 5.37. The molecule has 0 atom stereocenters. The van der Waals surface area contributed by atoms with Crippen LogP contribution >= 0.6 is 0 Å². The standard InChI is InChI=1S/C15H27NO2/c1-2-3-12-18-14(17)13-16-10-8-15(9-11-16)6-4-5-7-15/h2-13H2,1H3. The van der Waals surface area contributed by atoms with Crippen LogP contribution in [0.5, 0.6) is 0 Å². The lowest BCUT2D eigenvalue weighted by Gasteiger charge is -2.38. The van der Waals surface area contributed by atoms with Gasteiger partial charge in [0, 0.05) is 0 Å². The van der Waals surface area contributed by atoms with Gasteiger partial charge in [-0.3, -0.25) is 9.69 Å². The summed E-state index contributed by atoms with van der Waals surface area (Å²) in [5.74, 6) is -0.0363. The number of rotatable bonds is 5. The molecule has 104 valence electrons. The van der Waals surface area contributed by atoms with Crippen molar-refractivity contribution >= 4 is 5.97 Å². The molecule has 0 bridgehead atoms. The zero-order chi connectivity index (χ0) is 12.8. The highest BCUT2D eigenvalue weighted by Crippen LogP contribution is 2.45. The van der Waals surface area contributed by atoms with Gasteiger partial charge in [-0.2, -0.15) is 0 Å². The van der Waals surface area contributed by atoms with E-state index in [0.29, 0.717) is 18.6 Å². The fourth-order valence-electron chi connectivity index (χ4n) is 3.37. The molecule has 1 aliphatic heterocycles. The second-order valence-corrected chi connectivity index (χ2v) is 6.06. The quantitative estimate of drug-likeness (QED) is 0.557. The van der Waals surface area contributed by atoms with Crippen molar-refractivity contribution in [3.63, 3.8) is 0 Å². The first-order chi connectivity index (χ1) is 8.74. The molecule has 2 fully saturated rings. The Balaban J connectivity index is 1.65. The van der Waals surface area contributed by atoms with Gasteiger partial charge in [-0.05, 0) is 50.6 Å². The van der Waals surface area contributed by atoms with Gasteiger partial charge in [0.25, 0.3) is 0 Å². The summed E-state index contributed by atoms with van der Waals surface area (Å²) in [7, 11) is 0. The number of esters is 1. The van der Waals surface area contributed by atoms with Crippen LogP contribution in [0, 0.1) is 5.41 Å². The van der Waals surface area contributed by atoms with E-state index in [4.69, 9.17) is 4.74 Å². The van der Waals surface area contributed by atoms with Crippen LogP contribution in [-0.4, -0.2) is 37.1 Å². The minimum absolute atomic E-state index is 0.0363. The van der Waals surface area contributed by atoms with Crippen LogP contribution in [0.1, 0.15) is 58.3 Å². The number of nitrogens with zero attached hydrogens (tertiary/aromatic N) is 1. The molecule has 0 unspecified atom stereocenters. The van der Waals surface area contributed by atoms with Crippen LogP contribution in [-0.2, 0) is 9.53 Å². The molecule has 0 aromatic rings. The highest BCUT2D eigenvalue weighted by Gasteiger charge is 2.37. The second kappa shape index (κ2) is 6.55. The van der Waals surface area contributed by atoms with E-state index in [1.165, 1.54) is 38.5 Å². The van der Waals surface area contributed by atoms with E-state index in [9.17, 15) is 4.79 Å². The van der Waals surface area contributed by atoms with Crippen LogP contribution in [0.25, 0.3) is 0 Å². The van der Waals surface area contributed by atoms with E-state index in [1.807, 2.05) is 0 Å². The van der Waals surface area contributed by atoms with Gasteiger partial charge < -0.3 is 4.74 Å². The molecule has 0 aromatic heterocycles. The van der Waals surface area contributed by atoms with E-state index in [2.05, 4.69) is 11.8 Å². The van der Waals surface area contributed by atoms with Crippen molar-refractivity contribution in [1.29, 1.82) is 0 Å². The van der Waals surface area contributed by atoms with Crippen LogP contribution < -0.4 is 0 Å². The topological polar surface area (TPSA) is 29.5 Å². The molecule has 18 heavy (non-hydrogen) atoms. The maximum absolute atomic E-state index is 11.6. The summed E-state index contributed by atoms with van der Waals surface area (Å²) in [5, 5.41) is 0. The summed E-state index contributed by atoms with van der Waals surface area (Å²) in [6, 6.07) is 0. The number of carbonyl (C=O) groups is 1. The molecule has 3 nitrogen and oxygen atoms in total. The molecular formula is C15H27NO2. The fraction of sp³-hybridized carbons (Fsp3) is 0.933. The highest BCUT2D eigenvalue weighted by atomic mass is 16.5. The van der Waals surface area contributed by atoms with Gasteiger partial charge in [-0.15, -0.1) is 0 Å². The number of unbranched alkanes of at least 4 members (excludes halogenated alkanes) is 1. The molecule has 0 radical (unpaired) electrons. The Morgan fingerprint density at radius 1 is 1.17 bits per heavy atom. The first-order valence-electron chi connectivity index (χ1n) is 7.62. The normalized spacial score (nSPS) is 23.4. The average molecular weight is 253 g/mol. The first kappa shape index (κ1) is 13.9. The van der Waals surface area contributed by atoms with Crippen molar-refractivity contribution in [3.8, 4) is 0 Å². The lowest BCUT2D eigenvalue weighted by molar-refractivity contribution is -0.145. The number of piperidine rings is 1. The van der Waals surface area contributed by atoms with E-state index in [1.54, 1.807) is 0 Å². The maximum Gasteiger partial charge on any atom is 0.320 e. The average Bonchev–Trinajstić information content (AvgIpc) is 2.81. The lowest BCUT2D eigenvalue weighted by Crippen LogP contribution is -2.41. The Bertz CT molecular complexity index is 262. The van der Waals surface area contributed by atoms with Crippen LogP contribution in [0.15, 0.2) is 0 Å². The molecule has 2 rings (SSSR count). The molecule has 1 heterocycles. The van der Waals surface area contributed by atoms with Crippen LogP contribution in [0.3, 0.4) is 0 Å². The zero-order valence-corrected chi connectivity index (χ0v) is 11.7. The van der Waals surface area contributed by atoms with Crippen molar-refractivity contribution < 1.29 is 9.53 Å². The zero-order valence-electron chi connectivity index (χ0n) is 11.7. The van der Waals surface area contributed by atoms with Gasteiger partial charge in [0.15, 0.2) is 0 Å². The highest BCUT2D eigenvalue weighted by molar-refractivity contribution is 5.71. The summed E-state index contributed by atoms with van der Waals surface area (Å²) in [5.41, 5.74) is 0.641. The molecular weight excluding hydrogens is 226 g/mol. The SMILES string of the molecule is CCCCOC(=O)CN1CCC2(CCCC2)CC1. The molecule has 0 N–H and O–H groups in total. The van der Waals surface area contributed by atoms with Gasteiger partial charge in [0.05, 0.1) is 13.2 Å². The third kappa shape index (κ3) is 3.71. The molecule has 1 saturated heterocycles. The van der Waals surface area contributed by atoms with Crippen LogP contribution in [0.2, 0.25) is 0 Å². The molecule has 1 spiro atoms. The van der Waals surface area contributed by atoms with E-state index in [-0.39, 0.29) is 5.97 Å². The Kier molecular flexibility index (Phi) is 5.04. The predicted octanol–water partition coefficient (Wildman–Crippen LogP) is 2.99. The summed E-state index contributed by atoms with van der Waals surface area (Å²) >= 11 is 0. The lowest BCUT2D eigenvalue weighted by atomic mass is 9.77. The number of hydrogen-bond donors (Lipinski definition) is 0. The molecule has 1 aliphatic carbocycles. The molecule has 0 aromatic carbocycles. The van der Waals surface area contributed by atoms with Crippen molar-refractivity contribution in [2.45, 2.75) is 58.3 Å². The van der Waals surface area contributed by atoms with Gasteiger partial charge >= 0.3 is 5.97 Å². The molecule has 2 aliphatic rings. The van der Waals surface area contributed by atoms with E-state index < -0.39 is 0 Å². The Morgan fingerprint density at radius 2 is 1.83 bits per heavy atom. The fourth-order valence-corrected chi connectivity index (χ4v) is 3.37. The second-order valence-electron chi connectivity index (χ2n) is 6.06. The smallest absolute Gasteiger partial charge is 0.320 e. The minimum Gasteiger partial charge on any atom is -0.465 e. The maximum atomic E-state index is 11.6. The van der Waals surface area contributed by atoms with Gasteiger partial charge in [-0.25, -0.2) is 0 Å². The Hall–Kier alpha value is -0.570. The van der Waals surface area contributed by atoms with E-state index >= 15 is 0 Å². The van der Waals surface area contributed by atoms with Gasteiger partial charge in [0.1, 0.15) is 0 Å². The summed E-state index contributed by atoms with van der Waals surface area (Å²) < 4.78 is 5.22. The monoisotopic (exact) mass is 253 g/mol. The Labute approximate surface area is 111 Å². The van der Waals surface area contributed by atoms with Crippen molar-refractivity contribution in [3.05, 3.63) is 0 Å². The van der Waals surface area contributed by atoms with Gasteiger partial charge in [-0.1, -0.05) is 26.2 Å². The molecule has 3 heteroatoms. The van der Waals surface area contributed by atoms with Crippen molar-refractivity contribution in [1.82, 2.24) is 4.90 Å². The predicted molar refractivity (Wildman–Crippen MR) is 72.4 cm³/mol. The Morgan fingerprint density at radius 3 is 2.44 bits per heavy atom. The summed E-state index contributed by atoms with van der Waals surface area (Å²) in [6.07, 6.45) is 10.3. The van der Waals surface area contributed by atoms with Crippen molar-refractivity contribution in [2.24, 2.45) is 5.41 Å². The van der Waals surface area contributed by atoms with E-state index in [0.717, 1.165) is 25.9 Å². The first-order valence-corrected chi connectivity index (χ1v) is 7.62. The number of ether oxygens (including phenoxy) is 1. The molecule has 1 saturated carbocycles. The number of carbonyl (C=O) groups excluding carboxylic acids is 1. The van der Waals surface area contributed by atoms with Crippen LogP contribution in [0.4, 0.5) is 0 Å². The summed E-state index contributed by atoms with van der Waals surface area (Å²) in [4.78, 5) is 13.9.